The van der Waals surface area contributed by atoms with E-state index in [1.165, 1.54) is 19.2 Å². The molecule has 0 atom stereocenters. The van der Waals surface area contributed by atoms with Gasteiger partial charge in [0.2, 0.25) is 0 Å². The number of amides is 1. The molecule has 1 aromatic carbocycles. The van der Waals surface area contributed by atoms with Gasteiger partial charge in [0.15, 0.2) is 0 Å². The van der Waals surface area contributed by atoms with Gasteiger partial charge in [0.1, 0.15) is 11.6 Å². The van der Waals surface area contributed by atoms with Crippen molar-refractivity contribution in [1.29, 1.82) is 0 Å². The monoisotopic (exact) mass is 302 g/mol. The highest BCUT2D eigenvalue weighted by molar-refractivity contribution is 5.95. The molecule has 0 saturated heterocycles. The first kappa shape index (κ1) is 16.7. The van der Waals surface area contributed by atoms with Crippen molar-refractivity contribution < 1.29 is 13.9 Å². The van der Waals surface area contributed by atoms with E-state index in [1.807, 2.05) is 0 Å². The highest BCUT2D eigenvalue weighted by Gasteiger charge is 2.34. The first-order valence-electron chi connectivity index (χ1n) is 6.46. The molecule has 0 aliphatic heterocycles. The Hall–Kier alpha value is -1.33. The third kappa shape index (κ3) is 3.41. The van der Waals surface area contributed by atoms with Crippen LogP contribution in [0, 0.1) is 5.82 Å². The molecule has 0 unspecified atom stereocenters. The highest BCUT2D eigenvalue weighted by atomic mass is 35.5. The molecule has 0 spiro atoms. The average molecular weight is 303 g/mol. The van der Waals surface area contributed by atoms with E-state index in [2.05, 4.69) is 5.32 Å². The van der Waals surface area contributed by atoms with E-state index in [0.717, 1.165) is 25.7 Å². The van der Waals surface area contributed by atoms with Crippen molar-refractivity contribution in [3.8, 4) is 5.75 Å². The standard InChI is InChI=1S/C14H19FN2O2.ClH/c1-19-10-4-5-11(12(15)8-10)13(18)17-14(9-16)6-2-3-7-14;/h4-5,8H,2-3,6-7,9,16H2,1H3,(H,17,18);1H. The van der Waals surface area contributed by atoms with Gasteiger partial charge in [0.25, 0.3) is 5.91 Å². The molecule has 20 heavy (non-hydrogen) atoms. The second kappa shape index (κ2) is 6.90. The van der Waals surface area contributed by atoms with Crippen LogP contribution < -0.4 is 15.8 Å². The molecule has 0 radical (unpaired) electrons. The maximum absolute atomic E-state index is 13.8. The fourth-order valence-electron chi connectivity index (χ4n) is 2.55. The van der Waals surface area contributed by atoms with E-state index in [9.17, 15) is 9.18 Å². The molecule has 112 valence electrons. The molecule has 0 heterocycles. The third-order valence-corrected chi connectivity index (χ3v) is 3.75. The zero-order valence-electron chi connectivity index (χ0n) is 11.4. The lowest BCUT2D eigenvalue weighted by Crippen LogP contribution is -2.51. The lowest BCUT2D eigenvalue weighted by molar-refractivity contribution is 0.0899. The topological polar surface area (TPSA) is 64.3 Å². The first-order chi connectivity index (χ1) is 9.10. The molecule has 0 aromatic heterocycles. The van der Waals surface area contributed by atoms with Crippen molar-refractivity contribution in [2.45, 2.75) is 31.2 Å². The summed E-state index contributed by atoms with van der Waals surface area (Å²) >= 11 is 0. The summed E-state index contributed by atoms with van der Waals surface area (Å²) in [4.78, 5) is 12.1. The zero-order valence-corrected chi connectivity index (χ0v) is 12.3. The summed E-state index contributed by atoms with van der Waals surface area (Å²) in [5.74, 6) is -0.599. The molecule has 1 amide bonds. The van der Waals surface area contributed by atoms with E-state index in [1.54, 1.807) is 6.07 Å². The van der Waals surface area contributed by atoms with Gasteiger partial charge in [-0.05, 0) is 25.0 Å². The number of halogens is 2. The maximum atomic E-state index is 13.8. The Bertz CT molecular complexity index is 476. The molecule has 4 nitrogen and oxygen atoms in total. The molecule has 1 aliphatic rings. The van der Waals surface area contributed by atoms with Crippen LogP contribution in [0.5, 0.6) is 5.75 Å². The number of nitrogens with one attached hydrogen (secondary N) is 1. The number of rotatable bonds is 4. The van der Waals surface area contributed by atoms with Crippen LogP contribution in [0.4, 0.5) is 4.39 Å². The van der Waals surface area contributed by atoms with Gasteiger partial charge in [-0.3, -0.25) is 4.79 Å². The van der Waals surface area contributed by atoms with Crippen molar-refractivity contribution in [2.24, 2.45) is 5.73 Å². The Morgan fingerprint density at radius 3 is 2.60 bits per heavy atom. The summed E-state index contributed by atoms with van der Waals surface area (Å²) in [6.07, 6.45) is 3.80. The summed E-state index contributed by atoms with van der Waals surface area (Å²) in [7, 11) is 1.45. The summed E-state index contributed by atoms with van der Waals surface area (Å²) < 4.78 is 18.7. The molecule has 1 fully saturated rings. The number of ether oxygens (including phenoxy) is 1. The summed E-state index contributed by atoms with van der Waals surface area (Å²) in [6.45, 7) is 0.385. The number of methoxy groups -OCH3 is 1. The summed E-state index contributed by atoms with van der Waals surface area (Å²) in [6, 6.07) is 4.21. The van der Waals surface area contributed by atoms with Crippen LogP contribution in [0.25, 0.3) is 0 Å². The second-order valence-electron chi connectivity index (χ2n) is 4.99. The number of nitrogens with two attached hydrogens (primary N) is 1. The van der Waals surface area contributed by atoms with Crippen molar-refractivity contribution in [3.63, 3.8) is 0 Å². The Labute approximate surface area is 124 Å². The van der Waals surface area contributed by atoms with Crippen LogP contribution >= 0.6 is 12.4 Å². The second-order valence-corrected chi connectivity index (χ2v) is 4.99. The summed E-state index contributed by atoms with van der Waals surface area (Å²) in [5.41, 5.74) is 5.41. The Morgan fingerprint density at radius 1 is 1.45 bits per heavy atom. The van der Waals surface area contributed by atoms with Crippen LogP contribution in [-0.4, -0.2) is 25.1 Å². The minimum atomic E-state index is -0.581. The Kier molecular flexibility index (Phi) is 5.77. The van der Waals surface area contributed by atoms with Gasteiger partial charge < -0.3 is 15.8 Å². The predicted molar refractivity (Wildman–Crippen MR) is 77.9 cm³/mol. The van der Waals surface area contributed by atoms with Crippen LogP contribution in [0.1, 0.15) is 36.0 Å². The Morgan fingerprint density at radius 2 is 2.10 bits per heavy atom. The predicted octanol–water partition coefficient (Wildman–Crippen LogP) is 2.26. The van der Waals surface area contributed by atoms with E-state index in [0.29, 0.717) is 12.3 Å². The van der Waals surface area contributed by atoms with Crippen LogP contribution in [-0.2, 0) is 0 Å². The number of hydrogen-bond donors (Lipinski definition) is 2. The largest absolute Gasteiger partial charge is 0.497 e. The van der Waals surface area contributed by atoms with E-state index >= 15 is 0 Å². The molecule has 1 aromatic rings. The fourth-order valence-corrected chi connectivity index (χ4v) is 2.55. The molecular weight excluding hydrogens is 283 g/mol. The van der Waals surface area contributed by atoms with Gasteiger partial charge in [0, 0.05) is 12.6 Å². The highest BCUT2D eigenvalue weighted by Crippen LogP contribution is 2.29. The lowest BCUT2D eigenvalue weighted by atomic mass is 9.97. The van der Waals surface area contributed by atoms with Gasteiger partial charge in [-0.15, -0.1) is 12.4 Å². The van der Waals surface area contributed by atoms with Crippen molar-refractivity contribution in [2.75, 3.05) is 13.7 Å². The first-order valence-corrected chi connectivity index (χ1v) is 6.46. The van der Waals surface area contributed by atoms with Crippen LogP contribution in [0.15, 0.2) is 18.2 Å². The quantitative estimate of drug-likeness (QED) is 0.896. The molecule has 0 bridgehead atoms. The minimum absolute atomic E-state index is 0. The van der Waals surface area contributed by atoms with Gasteiger partial charge in [-0.1, -0.05) is 12.8 Å². The zero-order chi connectivity index (χ0) is 13.9. The lowest BCUT2D eigenvalue weighted by Gasteiger charge is -2.28. The van der Waals surface area contributed by atoms with Crippen molar-refractivity contribution in [1.82, 2.24) is 5.32 Å². The number of benzene rings is 1. The van der Waals surface area contributed by atoms with Gasteiger partial charge in [-0.2, -0.15) is 0 Å². The molecule has 1 aliphatic carbocycles. The van der Waals surface area contributed by atoms with Crippen molar-refractivity contribution >= 4 is 18.3 Å². The Balaban J connectivity index is 0.00000200. The molecule has 3 N–H and O–H groups in total. The molecule has 1 saturated carbocycles. The average Bonchev–Trinajstić information content (AvgIpc) is 2.87. The van der Waals surface area contributed by atoms with Gasteiger partial charge in [0.05, 0.1) is 18.2 Å². The van der Waals surface area contributed by atoms with Crippen LogP contribution in [0.2, 0.25) is 0 Å². The smallest absolute Gasteiger partial charge is 0.254 e. The van der Waals surface area contributed by atoms with Gasteiger partial charge in [-0.25, -0.2) is 4.39 Å². The summed E-state index contributed by atoms with van der Waals surface area (Å²) in [5, 5.41) is 2.89. The maximum Gasteiger partial charge on any atom is 0.254 e. The number of hydrogen-bond acceptors (Lipinski definition) is 3. The van der Waals surface area contributed by atoms with E-state index < -0.39 is 11.7 Å². The fraction of sp³-hybridized carbons (Fsp3) is 0.500. The van der Waals surface area contributed by atoms with Crippen molar-refractivity contribution in [3.05, 3.63) is 29.6 Å². The van der Waals surface area contributed by atoms with Gasteiger partial charge >= 0.3 is 0 Å². The van der Waals surface area contributed by atoms with E-state index in [-0.39, 0.29) is 23.5 Å². The normalized spacial score (nSPS) is 16.4. The number of carbonyl (C=O) groups excluding carboxylic acids is 1. The number of carbonyl (C=O) groups is 1. The minimum Gasteiger partial charge on any atom is -0.497 e. The molecule has 6 heteroatoms. The SMILES string of the molecule is COc1ccc(C(=O)NC2(CN)CCCC2)c(F)c1.Cl. The van der Waals surface area contributed by atoms with E-state index in [4.69, 9.17) is 10.5 Å². The third-order valence-electron chi connectivity index (χ3n) is 3.75. The molecule has 2 rings (SSSR count). The molecular formula is C14H20ClFN2O2. The van der Waals surface area contributed by atoms with Crippen LogP contribution in [0.3, 0.4) is 0 Å².